The predicted molar refractivity (Wildman–Crippen MR) is 70.6 cm³/mol. The summed E-state index contributed by atoms with van der Waals surface area (Å²) in [6.07, 6.45) is 1.13. The van der Waals surface area contributed by atoms with Crippen LogP contribution >= 0.6 is 0 Å². The molecule has 0 aliphatic heterocycles. The monoisotopic (exact) mass is 220 g/mol. The second-order valence-electron chi connectivity index (χ2n) is 4.57. The molecule has 0 amide bonds. The Morgan fingerprint density at radius 2 is 1.81 bits per heavy atom. The van der Waals surface area contributed by atoms with Gasteiger partial charge in [-0.1, -0.05) is 25.1 Å². The van der Waals surface area contributed by atoms with Crippen molar-refractivity contribution in [3.63, 3.8) is 0 Å². The van der Waals surface area contributed by atoms with Gasteiger partial charge in [-0.3, -0.25) is 0 Å². The number of hydrogen-bond acceptors (Lipinski definition) is 2. The molecule has 0 aromatic heterocycles. The predicted octanol–water partition coefficient (Wildman–Crippen LogP) is 2.69. The van der Waals surface area contributed by atoms with E-state index >= 15 is 0 Å². The lowest BCUT2D eigenvalue weighted by molar-refractivity contribution is 0.449. The fraction of sp³-hybridized carbons (Fsp3) is 0.571. The van der Waals surface area contributed by atoms with Crippen molar-refractivity contribution in [2.24, 2.45) is 5.73 Å². The molecule has 0 radical (unpaired) electrons. The van der Waals surface area contributed by atoms with E-state index in [2.05, 4.69) is 51.2 Å². The highest BCUT2D eigenvalue weighted by Crippen LogP contribution is 2.21. The topological polar surface area (TPSA) is 38.0 Å². The van der Waals surface area contributed by atoms with Crippen molar-refractivity contribution in [2.75, 3.05) is 6.54 Å². The van der Waals surface area contributed by atoms with Crippen molar-refractivity contribution in [1.82, 2.24) is 5.32 Å². The van der Waals surface area contributed by atoms with E-state index in [1.165, 1.54) is 16.7 Å². The van der Waals surface area contributed by atoms with Crippen LogP contribution in [0.2, 0.25) is 0 Å². The maximum atomic E-state index is 5.88. The third-order valence-electron chi connectivity index (χ3n) is 3.22. The fourth-order valence-electron chi connectivity index (χ4n) is 2.11. The Balaban J connectivity index is 2.94. The number of nitrogens with one attached hydrogen (secondary N) is 1. The molecule has 0 saturated carbocycles. The van der Waals surface area contributed by atoms with Gasteiger partial charge in [-0.2, -0.15) is 0 Å². The first-order chi connectivity index (χ1) is 7.60. The Hall–Kier alpha value is -0.860. The van der Waals surface area contributed by atoms with Crippen LogP contribution in [0.5, 0.6) is 0 Å². The number of nitrogens with two attached hydrogens (primary N) is 1. The van der Waals surface area contributed by atoms with Crippen LogP contribution in [0.4, 0.5) is 0 Å². The highest BCUT2D eigenvalue weighted by atomic mass is 15.0. The van der Waals surface area contributed by atoms with Crippen LogP contribution in [-0.2, 0) is 0 Å². The van der Waals surface area contributed by atoms with Crippen LogP contribution in [0.25, 0.3) is 0 Å². The molecule has 1 aromatic rings. The molecule has 2 atom stereocenters. The molecule has 3 N–H and O–H groups in total. The Morgan fingerprint density at radius 3 is 2.25 bits per heavy atom. The van der Waals surface area contributed by atoms with Gasteiger partial charge in [0.05, 0.1) is 0 Å². The van der Waals surface area contributed by atoms with Gasteiger partial charge in [0.2, 0.25) is 0 Å². The zero-order chi connectivity index (χ0) is 12.1. The second kappa shape index (κ2) is 6.02. The third-order valence-corrected chi connectivity index (χ3v) is 3.22. The zero-order valence-corrected chi connectivity index (χ0v) is 10.9. The van der Waals surface area contributed by atoms with E-state index in [1.54, 1.807) is 0 Å². The summed E-state index contributed by atoms with van der Waals surface area (Å²) in [4.78, 5) is 0. The SMILES string of the molecule is CCC(C)NC(CN)c1c(C)cccc1C. The number of aryl methyl sites for hydroxylation is 2. The second-order valence-corrected chi connectivity index (χ2v) is 4.57. The van der Waals surface area contributed by atoms with Crippen LogP contribution < -0.4 is 11.1 Å². The highest BCUT2D eigenvalue weighted by molar-refractivity contribution is 5.36. The Morgan fingerprint density at radius 1 is 1.25 bits per heavy atom. The summed E-state index contributed by atoms with van der Waals surface area (Å²) in [5, 5.41) is 3.59. The maximum Gasteiger partial charge on any atom is 0.0451 e. The fourth-order valence-corrected chi connectivity index (χ4v) is 2.11. The van der Waals surface area contributed by atoms with E-state index in [0.29, 0.717) is 12.6 Å². The summed E-state index contributed by atoms with van der Waals surface area (Å²) in [5.74, 6) is 0. The van der Waals surface area contributed by atoms with Crippen LogP contribution in [0.1, 0.15) is 43.0 Å². The molecule has 2 nitrogen and oxygen atoms in total. The average molecular weight is 220 g/mol. The number of rotatable bonds is 5. The smallest absolute Gasteiger partial charge is 0.0451 e. The molecular weight excluding hydrogens is 196 g/mol. The molecule has 0 bridgehead atoms. The van der Waals surface area contributed by atoms with E-state index < -0.39 is 0 Å². The summed E-state index contributed by atoms with van der Waals surface area (Å²) in [6.45, 7) is 9.36. The Labute approximate surface area is 99.2 Å². The minimum atomic E-state index is 0.274. The minimum Gasteiger partial charge on any atom is -0.329 e. The summed E-state index contributed by atoms with van der Waals surface area (Å²) >= 11 is 0. The minimum absolute atomic E-state index is 0.274. The first kappa shape index (κ1) is 13.2. The number of hydrogen-bond donors (Lipinski definition) is 2. The molecule has 0 spiro atoms. The van der Waals surface area contributed by atoms with Gasteiger partial charge in [0.1, 0.15) is 0 Å². The quantitative estimate of drug-likeness (QED) is 0.800. The number of benzene rings is 1. The van der Waals surface area contributed by atoms with E-state index in [1.807, 2.05) is 0 Å². The van der Waals surface area contributed by atoms with Crippen molar-refractivity contribution in [3.8, 4) is 0 Å². The van der Waals surface area contributed by atoms with Gasteiger partial charge in [0.25, 0.3) is 0 Å². The molecule has 1 aromatic carbocycles. The summed E-state index contributed by atoms with van der Waals surface area (Å²) in [5.41, 5.74) is 9.90. The van der Waals surface area contributed by atoms with Gasteiger partial charge in [-0.15, -0.1) is 0 Å². The molecule has 1 rings (SSSR count). The largest absolute Gasteiger partial charge is 0.329 e. The zero-order valence-electron chi connectivity index (χ0n) is 10.9. The van der Waals surface area contributed by atoms with Gasteiger partial charge < -0.3 is 11.1 Å². The van der Waals surface area contributed by atoms with Crippen LogP contribution in [0.3, 0.4) is 0 Å². The van der Waals surface area contributed by atoms with Gasteiger partial charge >= 0.3 is 0 Å². The standard InChI is InChI=1S/C14H24N2/c1-5-12(4)16-13(9-15)14-10(2)7-6-8-11(14)3/h6-8,12-13,16H,5,9,15H2,1-4H3. The van der Waals surface area contributed by atoms with E-state index in [0.717, 1.165) is 6.42 Å². The molecule has 0 heterocycles. The lowest BCUT2D eigenvalue weighted by atomic mass is 9.95. The average Bonchev–Trinajstić information content (AvgIpc) is 2.27. The van der Waals surface area contributed by atoms with Gasteiger partial charge in [0.15, 0.2) is 0 Å². The Kier molecular flexibility index (Phi) is 4.97. The lowest BCUT2D eigenvalue weighted by Crippen LogP contribution is -2.35. The van der Waals surface area contributed by atoms with Crippen LogP contribution in [0, 0.1) is 13.8 Å². The summed E-state index contributed by atoms with van der Waals surface area (Å²) < 4.78 is 0. The highest BCUT2D eigenvalue weighted by Gasteiger charge is 2.15. The van der Waals surface area contributed by atoms with E-state index in [4.69, 9.17) is 5.73 Å². The van der Waals surface area contributed by atoms with Gasteiger partial charge in [0, 0.05) is 18.6 Å². The first-order valence-electron chi connectivity index (χ1n) is 6.12. The molecule has 90 valence electrons. The van der Waals surface area contributed by atoms with Crippen LogP contribution in [-0.4, -0.2) is 12.6 Å². The van der Waals surface area contributed by atoms with Crippen molar-refractivity contribution in [3.05, 3.63) is 34.9 Å². The van der Waals surface area contributed by atoms with Crippen molar-refractivity contribution in [2.45, 2.75) is 46.2 Å². The van der Waals surface area contributed by atoms with Crippen LogP contribution in [0.15, 0.2) is 18.2 Å². The third kappa shape index (κ3) is 3.06. The summed E-state index contributed by atoms with van der Waals surface area (Å²) in [6, 6.07) is 7.20. The normalized spacial score (nSPS) is 14.8. The van der Waals surface area contributed by atoms with Gasteiger partial charge in [-0.25, -0.2) is 0 Å². The molecule has 0 fully saturated rings. The molecule has 0 saturated heterocycles. The lowest BCUT2D eigenvalue weighted by Gasteiger charge is -2.24. The Bertz CT molecular complexity index is 313. The maximum absolute atomic E-state index is 5.88. The molecule has 2 heteroatoms. The van der Waals surface area contributed by atoms with Crippen molar-refractivity contribution >= 4 is 0 Å². The molecule has 0 aliphatic rings. The van der Waals surface area contributed by atoms with Crippen molar-refractivity contribution < 1.29 is 0 Å². The van der Waals surface area contributed by atoms with E-state index in [-0.39, 0.29) is 6.04 Å². The van der Waals surface area contributed by atoms with E-state index in [9.17, 15) is 0 Å². The molecule has 16 heavy (non-hydrogen) atoms. The summed E-state index contributed by atoms with van der Waals surface area (Å²) in [7, 11) is 0. The van der Waals surface area contributed by atoms with Gasteiger partial charge in [-0.05, 0) is 43.9 Å². The van der Waals surface area contributed by atoms with Crippen molar-refractivity contribution in [1.29, 1.82) is 0 Å². The molecule has 0 aliphatic carbocycles. The first-order valence-corrected chi connectivity index (χ1v) is 6.12. The molecular formula is C14H24N2. The molecule has 2 unspecified atom stereocenters.